The molecule has 1 unspecified atom stereocenters. The fraction of sp³-hybridized carbons (Fsp3) is 0.571. The van der Waals surface area contributed by atoms with E-state index in [1.54, 1.807) is 19.1 Å². The summed E-state index contributed by atoms with van der Waals surface area (Å²) >= 11 is 0. The van der Waals surface area contributed by atoms with Crippen LogP contribution in [0.25, 0.3) is 0 Å². The lowest BCUT2D eigenvalue weighted by Gasteiger charge is -2.19. The average molecular weight is 287 g/mol. The summed E-state index contributed by atoms with van der Waals surface area (Å²) in [6.07, 6.45) is 2.20. The lowest BCUT2D eigenvalue weighted by Crippen LogP contribution is -2.26. The third-order valence-electron chi connectivity index (χ3n) is 3.08. The van der Waals surface area contributed by atoms with E-state index in [2.05, 4.69) is 10.1 Å². The van der Waals surface area contributed by atoms with Gasteiger partial charge in [-0.25, -0.2) is 0 Å². The highest BCUT2D eigenvalue weighted by Gasteiger charge is 2.25. The molecule has 1 atom stereocenters. The Hall–Kier alpha value is -1.40. The number of aliphatic hydroxyl groups excluding tert-OH is 1. The van der Waals surface area contributed by atoms with Crippen molar-refractivity contribution in [2.24, 2.45) is 0 Å². The molecule has 0 radical (unpaired) electrons. The minimum Gasteiger partial charge on any atom is -0.490 e. The summed E-state index contributed by atoms with van der Waals surface area (Å²) in [6, 6.07) is 4.96. The van der Waals surface area contributed by atoms with Gasteiger partial charge < -0.3 is 19.9 Å². The van der Waals surface area contributed by atoms with E-state index in [1.807, 2.05) is 0 Å². The molecule has 1 aliphatic carbocycles. The van der Waals surface area contributed by atoms with E-state index < -0.39 is 6.61 Å². The van der Waals surface area contributed by atoms with Gasteiger partial charge in [0.05, 0.1) is 19.3 Å². The second-order valence-corrected chi connectivity index (χ2v) is 4.69. The van der Waals surface area contributed by atoms with Gasteiger partial charge in [0.1, 0.15) is 0 Å². The molecule has 0 aromatic heterocycles. The van der Waals surface area contributed by atoms with Crippen molar-refractivity contribution in [3.63, 3.8) is 0 Å². The normalized spacial score (nSPS) is 16.2. The molecule has 20 heavy (non-hydrogen) atoms. The number of rotatable bonds is 8. The first-order valence-corrected chi connectivity index (χ1v) is 6.72. The van der Waals surface area contributed by atoms with Gasteiger partial charge in [0, 0.05) is 6.04 Å². The van der Waals surface area contributed by atoms with Crippen LogP contribution >= 0.6 is 0 Å². The number of hydrogen-bond acceptors (Lipinski definition) is 4. The van der Waals surface area contributed by atoms with E-state index in [0.29, 0.717) is 12.6 Å². The highest BCUT2D eigenvalue weighted by Crippen LogP contribution is 2.33. The van der Waals surface area contributed by atoms with Crippen LogP contribution in [0.4, 0.5) is 8.78 Å². The number of alkyl halides is 2. The minimum absolute atomic E-state index is 0.00807. The van der Waals surface area contributed by atoms with E-state index in [1.165, 1.54) is 6.07 Å². The van der Waals surface area contributed by atoms with Crippen LogP contribution in [0, 0.1) is 0 Å². The van der Waals surface area contributed by atoms with E-state index >= 15 is 0 Å². The van der Waals surface area contributed by atoms with Crippen LogP contribution in [0.5, 0.6) is 11.5 Å². The summed E-state index contributed by atoms with van der Waals surface area (Å²) in [4.78, 5) is 0. The van der Waals surface area contributed by atoms with Crippen molar-refractivity contribution in [2.45, 2.75) is 38.5 Å². The molecule has 0 heterocycles. The maximum atomic E-state index is 12.3. The van der Waals surface area contributed by atoms with E-state index in [9.17, 15) is 13.9 Å². The molecule has 1 aliphatic rings. The van der Waals surface area contributed by atoms with Crippen LogP contribution in [0.2, 0.25) is 0 Å². The van der Waals surface area contributed by atoms with E-state index in [-0.39, 0.29) is 24.1 Å². The number of nitrogens with one attached hydrogen (secondary N) is 1. The maximum Gasteiger partial charge on any atom is 0.387 e. The maximum absolute atomic E-state index is 12.3. The third kappa shape index (κ3) is 4.05. The van der Waals surface area contributed by atoms with Gasteiger partial charge in [-0.15, -0.1) is 0 Å². The zero-order valence-electron chi connectivity index (χ0n) is 11.3. The van der Waals surface area contributed by atoms with Crippen LogP contribution in [-0.2, 0) is 0 Å². The first-order chi connectivity index (χ1) is 9.63. The SMILES string of the molecule is CCOc1cc(C(CO)NC2CC2)ccc1OC(F)F. The molecule has 2 rings (SSSR count). The first kappa shape index (κ1) is 15.0. The Morgan fingerprint density at radius 3 is 2.65 bits per heavy atom. The number of benzene rings is 1. The highest BCUT2D eigenvalue weighted by molar-refractivity contribution is 5.44. The smallest absolute Gasteiger partial charge is 0.387 e. The zero-order valence-corrected chi connectivity index (χ0v) is 11.3. The molecule has 2 N–H and O–H groups in total. The fourth-order valence-corrected chi connectivity index (χ4v) is 1.99. The Morgan fingerprint density at radius 2 is 2.10 bits per heavy atom. The van der Waals surface area contributed by atoms with Crippen LogP contribution in [0.1, 0.15) is 31.4 Å². The molecule has 112 valence electrons. The lowest BCUT2D eigenvalue weighted by molar-refractivity contribution is -0.0514. The van der Waals surface area contributed by atoms with Crippen molar-refractivity contribution in [3.8, 4) is 11.5 Å². The quantitative estimate of drug-likeness (QED) is 0.771. The number of hydrogen-bond donors (Lipinski definition) is 2. The van der Waals surface area contributed by atoms with Crippen molar-refractivity contribution in [2.75, 3.05) is 13.2 Å². The molecule has 0 saturated heterocycles. The van der Waals surface area contributed by atoms with Gasteiger partial charge in [-0.2, -0.15) is 8.78 Å². The van der Waals surface area contributed by atoms with Crippen molar-refractivity contribution in [1.29, 1.82) is 0 Å². The second kappa shape index (κ2) is 6.85. The standard InChI is InChI=1S/C14H19F2NO3/c1-2-19-13-7-9(3-6-12(13)20-14(15)16)11(8-18)17-10-4-5-10/h3,6-7,10-11,14,17-18H,2,4-5,8H2,1H3. The monoisotopic (exact) mass is 287 g/mol. The van der Waals surface area contributed by atoms with E-state index in [4.69, 9.17) is 4.74 Å². The van der Waals surface area contributed by atoms with Gasteiger partial charge in [-0.1, -0.05) is 6.07 Å². The summed E-state index contributed by atoms with van der Waals surface area (Å²) in [5.41, 5.74) is 0.796. The summed E-state index contributed by atoms with van der Waals surface area (Å²) in [5, 5.41) is 12.7. The highest BCUT2D eigenvalue weighted by atomic mass is 19.3. The summed E-state index contributed by atoms with van der Waals surface area (Å²) in [5.74, 6) is 0.273. The Balaban J connectivity index is 2.17. The minimum atomic E-state index is -2.89. The van der Waals surface area contributed by atoms with Crippen molar-refractivity contribution in [1.82, 2.24) is 5.32 Å². The average Bonchev–Trinajstić information content (AvgIpc) is 3.22. The van der Waals surface area contributed by atoms with Gasteiger partial charge >= 0.3 is 6.61 Å². The molecule has 1 aromatic rings. The largest absolute Gasteiger partial charge is 0.490 e. The second-order valence-electron chi connectivity index (χ2n) is 4.69. The molecule has 0 spiro atoms. The van der Waals surface area contributed by atoms with Gasteiger partial charge in [0.2, 0.25) is 0 Å². The Labute approximate surface area is 116 Å². The van der Waals surface area contributed by atoms with Crippen molar-refractivity contribution < 1.29 is 23.4 Å². The Bertz CT molecular complexity index is 438. The molecule has 0 bridgehead atoms. The molecule has 4 nitrogen and oxygen atoms in total. The predicted octanol–water partition coefficient (Wildman–Crippen LogP) is 2.47. The molecule has 0 aliphatic heterocycles. The molecular formula is C14H19F2NO3. The summed E-state index contributed by atoms with van der Waals surface area (Å²) in [7, 11) is 0. The van der Waals surface area contributed by atoms with Crippen molar-refractivity contribution >= 4 is 0 Å². The summed E-state index contributed by atoms with van der Waals surface area (Å²) < 4.78 is 34.4. The molecular weight excluding hydrogens is 268 g/mol. The lowest BCUT2D eigenvalue weighted by atomic mass is 10.1. The van der Waals surface area contributed by atoms with Crippen molar-refractivity contribution in [3.05, 3.63) is 23.8 Å². The third-order valence-corrected chi connectivity index (χ3v) is 3.08. The fourth-order valence-electron chi connectivity index (χ4n) is 1.99. The van der Waals surface area contributed by atoms with E-state index in [0.717, 1.165) is 18.4 Å². The topological polar surface area (TPSA) is 50.7 Å². The zero-order chi connectivity index (χ0) is 14.5. The predicted molar refractivity (Wildman–Crippen MR) is 70.2 cm³/mol. The van der Waals surface area contributed by atoms with Crippen LogP contribution in [0.3, 0.4) is 0 Å². The number of aliphatic hydroxyl groups is 1. The molecule has 1 fully saturated rings. The molecule has 0 amide bonds. The van der Waals surface area contributed by atoms with Gasteiger partial charge in [0.25, 0.3) is 0 Å². The van der Waals surface area contributed by atoms with Crippen LogP contribution in [0.15, 0.2) is 18.2 Å². The summed E-state index contributed by atoms with van der Waals surface area (Å²) in [6.45, 7) is -0.830. The van der Waals surface area contributed by atoms with Gasteiger partial charge in [0.15, 0.2) is 11.5 Å². The number of ether oxygens (including phenoxy) is 2. The molecule has 6 heteroatoms. The van der Waals surface area contributed by atoms with Gasteiger partial charge in [-0.05, 0) is 37.5 Å². The Kier molecular flexibility index (Phi) is 5.14. The van der Waals surface area contributed by atoms with Crippen LogP contribution in [-0.4, -0.2) is 31.0 Å². The Morgan fingerprint density at radius 1 is 1.35 bits per heavy atom. The van der Waals surface area contributed by atoms with Gasteiger partial charge in [-0.3, -0.25) is 0 Å². The number of halogens is 2. The van der Waals surface area contributed by atoms with Crippen LogP contribution < -0.4 is 14.8 Å². The molecule has 1 aromatic carbocycles. The first-order valence-electron chi connectivity index (χ1n) is 6.72. The molecule has 1 saturated carbocycles.